The number of hydrogen-bond donors (Lipinski definition) is 1. The lowest BCUT2D eigenvalue weighted by Gasteiger charge is -2.11. The molecule has 0 saturated heterocycles. The van der Waals surface area contributed by atoms with Crippen LogP contribution >= 0.6 is 0 Å². The number of methoxy groups -OCH3 is 4. The van der Waals surface area contributed by atoms with Gasteiger partial charge in [-0.3, -0.25) is 0 Å². The van der Waals surface area contributed by atoms with Crippen LogP contribution in [0.3, 0.4) is 0 Å². The Morgan fingerprint density at radius 1 is 0.593 bits per heavy atom. The lowest BCUT2D eigenvalue weighted by atomic mass is 10.0. The molecule has 5 nitrogen and oxygen atoms in total. The molecule has 1 heterocycles. The van der Waals surface area contributed by atoms with Crippen molar-refractivity contribution in [1.29, 1.82) is 0 Å². The first-order valence-corrected chi connectivity index (χ1v) is 8.68. The maximum Gasteiger partial charge on any atom is 0.128 e. The smallest absolute Gasteiger partial charge is 0.128 e. The predicted molar refractivity (Wildman–Crippen MR) is 107 cm³/mol. The molecule has 0 aliphatic rings. The van der Waals surface area contributed by atoms with Crippen LogP contribution in [0.5, 0.6) is 23.0 Å². The second-order valence-electron chi connectivity index (χ2n) is 6.26. The summed E-state index contributed by atoms with van der Waals surface area (Å²) in [5.41, 5.74) is 6.16. The molecule has 3 aromatic rings. The lowest BCUT2D eigenvalue weighted by Crippen LogP contribution is -1.92. The minimum Gasteiger partial charge on any atom is -0.497 e. The molecule has 0 radical (unpaired) electrons. The summed E-state index contributed by atoms with van der Waals surface area (Å²) in [6.07, 6.45) is 0. The molecule has 0 atom stereocenters. The first-order valence-electron chi connectivity index (χ1n) is 8.68. The van der Waals surface area contributed by atoms with E-state index in [9.17, 15) is 0 Å². The normalized spacial score (nSPS) is 10.6. The van der Waals surface area contributed by atoms with Crippen LogP contribution in [0.15, 0.2) is 36.4 Å². The monoisotopic (exact) mass is 367 g/mol. The summed E-state index contributed by atoms with van der Waals surface area (Å²) in [5, 5.41) is 0. The highest BCUT2D eigenvalue weighted by atomic mass is 16.5. The van der Waals surface area contributed by atoms with Crippen molar-refractivity contribution in [1.82, 2.24) is 4.98 Å². The zero-order valence-electron chi connectivity index (χ0n) is 16.6. The minimum atomic E-state index is 0.776. The van der Waals surface area contributed by atoms with E-state index in [-0.39, 0.29) is 0 Å². The van der Waals surface area contributed by atoms with Crippen molar-refractivity contribution in [3.63, 3.8) is 0 Å². The van der Waals surface area contributed by atoms with E-state index in [4.69, 9.17) is 18.9 Å². The van der Waals surface area contributed by atoms with E-state index in [1.165, 1.54) is 0 Å². The van der Waals surface area contributed by atoms with Gasteiger partial charge in [-0.05, 0) is 61.4 Å². The third-order valence-electron chi connectivity index (χ3n) is 4.91. The van der Waals surface area contributed by atoms with Crippen LogP contribution in [0.1, 0.15) is 11.1 Å². The molecule has 5 heteroatoms. The zero-order chi connectivity index (χ0) is 19.6. The van der Waals surface area contributed by atoms with E-state index in [0.29, 0.717) is 0 Å². The van der Waals surface area contributed by atoms with Crippen LogP contribution in [-0.2, 0) is 0 Å². The van der Waals surface area contributed by atoms with Crippen LogP contribution in [0.4, 0.5) is 0 Å². The van der Waals surface area contributed by atoms with E-state index in [0.717, 1.165) is 56.6 Å². The lowest BCUT2D eigenvalue weighted by molar-refractivity contribution is 0.404. The molecule has 1 N–H and O–H groups in total. The number of H-pyrrole nitrogens is 1. The van der Waals surface area contributed by atoms with Crippen molar-refractivity contribution in [3.05, 3.63) is 47.5 Å². The van der Waals surface area contributed by atoms with Crippen LogP contribution in [0.2, 0.25) is 0 Å². The third-order valence-corrected chi connectivity index (χ3v) is 4.91. The fraction of sp³-hybridized carbons (Fsp3) is 0.273. The Balaban J connectivity index is 2.22. The van der Waals surface area contributed by atoms with Crippen molar-refractivity contribution < 1.29 is 18.9 Å². The van der Waals surface area contributed by atoms with Crippen molar-refractivity contribution >= 4 is 0 Å². The number of aromatic amines is 1. The molecule has 0 bridgehead atoms. The quantitative estimate of drug-likeness (QED) is 0.666. The van der Waals surface area contributed by atoms with Crippen molar-refractivity contribution in [2.45, 2.75) is 13.8 Å². The van der Waals surface area contributed by atoms with Gasteiger partial charge in [-0.15, -0.1) is 0 Å². The second-order valence-corrected chi connectivity index (χ2v) is 6.26. The molecular formula is C22H25NO4. The summed E-state index contributed by atoms with van der Waals surface area (Å²) in [5.74, 6) is 3.12. The van der Waals surface area contributed by atoms with Gasteiger partial charge in [0.05, 0.1) is 39.8 Å². The Kier molecular flexibility index (Phi) is 5.31. The first kappa shape index (κ1) is 18.7. The Morgan fingerprint density at radius 3 is 1.33 bits per heavy atom. The maximum atomic E-state index is 5.57. The SMILES string of the molecule is COc1ccc(OC)c(-c2[nH]c(-c3cc(OC)ccc3OC)c(C)c2C)c1. The average Bonchev–Trinajstić information content (AvgIpc) is 3.01. The van der Waals surface area contributed by atoms with Crippen molar-refractivity contribution in [2.75, 3.05) is 28.4 Å². The highest BCUT2D eigenvalue weighted by molar-refractivity contribution is 5.81. The summed E-state index contributed by atoms with van der Waals surface area (Å²) in [6, 6.07) is 11.6. The average molecular weight is 367 g/mol. The topological polar surface area (TPSA) is 52.7 Å². The summed E-state index contributed by atoms with van der Waals surface area (Å²) in [7, 11) is 6.65. The molecule has 0 saturated carbocycles. The van der Waals surface area contributed by atoms with Gasteiger partial charge in [0.25, 0.3) is 0 Å². The number of nitrogens with one attached hydrogen (secondary N) is 1. The minimum absolute atomic E-state index is 0.776. The number of aromatic nitrogens is 1. The second kappa shape index (κ2) is 7.66. The summed E-state index contributed by atoms with van der Waals surface area (Å²) in [6.45, 7) is 4.19. The van der Waals surface area contributed by atoms with Gasteiger partial charge in [-0.25, -0.2) is 0 Å². The molecule has 0 amide bonds. The zero-order valence-corrected chi connectivity index (χ0v) is 16.6. The number of hydrogen-bond acceptors (Lipinski definition) is 4. The van der Waals surface area contributed by atoms with E-state index in [1.807, 2.05) is 36.4 Å². The molecule has 1 aromatic heterocycles. The standard InChI is InChI=1S/C22H25NO4/c1-13-14(2)22(18-12-16(25-4)8-10-20(18)27-6)23-21(13)17-11-15(24-3)7-9-19(17)26-5/h7-12,23H,1-6H3. The van der Waals surface area contributed by atoms with Crippen LogP contribution in [0, 0.1) is 13.8 Å². The van der Waals surface area contributed by atoms with Gasteiger partial charge in [-0.2, -0.15) is 0 Å². The predicted octanol–water partition coefficient (Wildman–Crippen LogP) is 5.00. The Morgan fingerprint density at radius 2 is 1.00 bits per heavy atom. The van der Waals surface area contributed by atoms with E-state index < -0.39 is 0 Å². The largest absolute Gasteiger partial charge is 0.497 e. The molecule has 3 rings (SSSR count). The van der Waals surface area contributed by atoms with Crippen LogP contribution in [-0.4, -0.2) is 33.4 Å². The number of ether oxygens (including phenoxy) is 4. The van der Waals surface area contributed by atoms with Gasteiger partial charge in [0.1, 0.15) is 23.0 Å². The highest BCUT2D eigenvalue weighted by Gasteiger charge is 2.19. The van der Waals surface area contributed by atoms with Crippen molar-refractivity contribution in [3.8, 4) is 45.5 Å². The number of benzene rings is 2. The molecule has 0 aliphatic heterocycles. The van der Waals surface area contributed by atoms with Gasteiger partial charge in [0.15, 0.2) is 0 Å². The summed E-state index contributed by atoms with van der Waals surface area (Å²) >= 11 is 0. The first-order chi connectivity index (χ1) is 13.0. The summed E-state index contributed by atoms with van der Waals surface area (Å²) in [4.78, 5) is 3.56. The van der Waals surface area contributed by atoms with Gasteiger partial charge in [0, 0.05) is 11.1 Å². The highest BCUT2D eigenvalue weighted by Crippen LogP contribution is 2.41. The molecule has 0 aliphatic carbocycles. The van der Waals surface area contributed by atoms with E-state index >= 15 is 0 Å². The third kappa shape index (κ3) is 3.33. The Hall–Kier alpha value is -3.08. The van der Waals surface area contributed by atoms with Crippen molar-refractivity contribution in [2.24, 2.45) is 0 Å². The Bertz CT molecular complexity index is 883. The maximum absolute atomic E-state index is 5.57. The molecule has 0 unspecified atom stereocenters. The fourth-order valence-corrected chi connectivity index (χ4v) is 3.25. The van der Waals surface area contributed by atoms with Crippen LogP contribution < -0.4 is 18.9 Å². The van der Waals surface area contributed by atoms with Crippen LogP contribution in [0.25, 0.3) is 22.5 Å². The van der Waals surface area contributed by atoms with Gasteiger partial charge in [-0.1, -0.05) is 0 Å². The molecule has 27 heavy (non-hydrogen) atoms. The van der Waals surface area contributed by atoms with E-state index in [1.54, 1.807) is 28.4 Å². The van der Waals surface area contributed by atoms with E-state index in [2.05, 4.69) is 18.8 Å². The molecule has 0 fully saturated rings. The van der Waals surface area contributed by atoms with Gasteiger partial charge >= 0.3 is 0 Å². The number of rotatable bonds is 6. The van der Waals surface area contributed by atoms with Gasteiger partial charge in [0.2, 0.25) is 0 Å². The molecular weight excluding hydrogens is 342 g/mol. The van der Waals surface area contributed by atoms with Gasteiger partial charge < -0.3 is 23.9 Å². The fourth-order valence-electron chi connectivity index (χ4n) is 3.25. The molecule has 2 aromatic carbocycles. The molecule has 0 spiro atoms. The molecule has 142 valence electrons. The Labute approximate surface area is 159 Å². The summed E-state index contributed by atoms with van der Waals surface area (Å²) < 4.78 is 21.9.